The molecule has 0 unspecified atom stereocenters. The third-order valence-electron chi connectivity index (χ3n) is 3.87. The number of carboxylic acids is 1. The molecule has 5 nitrogen and oxygen atoms in total. The average Bonchev–Trinajstić information content (AvgIpc) is 3.16. The van der Waals surface area contributed by atoms with Crippen molar-refractivity contribution >= 4 is 34.4 Å². The Morgan fingerprint density at radius 1 is 1.38 bits per heavy atom. The number of halogens is 1. The molecule has 1 aromatic heterocycles. The van der Waals surface area contributed by atoms with Crippen LogP contribution in [0.25, 0.3) is 10.9 Å². The number of amides is 1. The van der Waals surface area contributed by atoms with E-state index >= 15 is 0 Å². The zero-order valence-electron chi connectivity index (χ0n) is 11.2. The largest absolute Gasteiger partial charge is 0.481 e. The number of hydrogen-bond acceptors (Lipinski definition) is 2. The smallest absolute Gasteiger partial charge is 0.307 e. The molecule has 1 saturated carbocycles. The van der Waals surface area contributed by atoms with E-state index in [0.29, 0.717) is 24.4 Å². The van der Waals surface area contributed by atoms with Gasteiger partial charge in [0, 0.05) is 28.7 Å². The van der Waals surface area contributed by atoms with Gasteiger partial charge >= 0.3 is 5.97 Å². The fourth-order valence-electron chi connectivity index (χ4n) is 2.57. The second kappa shape index (κ2) is 5.41. The van der Waals surface area contributed by atoms with E-state index in [9.17, 15) is 9.59 Å². The molecule has 1 heterocycles. The summed E-state index contributed by atoms with van der Waals surface area (Å²) in [6.07, 6.45) is 3.03. The zero-order chi connectivity index (χ0) is 15.0. The quantitative estimate of drug-likeness (QED) is 0.792. The zero-order valence-corrected chi connectivity index (χ0v) is 12.0. The monoisotopic (exact) mass is 306 g/mol. The lowest BCUT2D eigenvalue weighted by atomic mass is 10.1. The molecule has 0 bridgehead atoms. The molecule has 1 fully saturated rings. The Morgan fingerprint density at radius 3 is 2.90 bits per heavy atom. The number of aliphatic carboxylic acids is 1. The predicted octanol–water partition coefficient (Wildman–Crippen LogP) is 2.20. The molecule has 6 heteroatoms. The van der Waals surface area contributed by atoms with Crippen molar-refractivity contribution in [3.63, 3.8) is 0 Å². The molecule has 0 saturated heterocycles. The number of hydrogen-bond donors (Lipinski definition) is 3. The van der Waals surface area contributed by atoms with E-state index in [1.807, 2.05) is 24.4 Å². The van der Waals surface area contributed by atoms with E-state index in [-0.39, 0.29) is 11.8 Å². The van der Waals surface area contributed by atoms with Crippen LogP contribution < -0.4 is 5.32 Å². The van der Waals surface area contributed by atoms with Crippen LogP contribution in [-0.2, 0) is 16.0 Å². The number of carboxylic acid groups (broad SMARTS) is 1. The van der Waals surface area contributed by atoms with E-state index < -0.39 is 11.9 Å². The van der Waals surface area contributed by atoms with Gasteiger partial charge in [0.25, 0.3) is 0 Å². The van der Waals surface area contributed by atoms with Crippen molar-refractivity contribution in [1.82, 2.24) is 10.3 Å². The van der Waals surface area contributed by atoms with Crippen LogP contribution in [0.4, 0.5) is 0 Å². The molecule has 2 aromatic rings. The normalized spacial score (nSPS) is 20.4. The number of aromatic amines is 1. The number of benzene rings is 1. The van der Waals surface area contributed by atoms with Crippen LogP contribution >= 0.6 is 11.6 Å². The SMILES string of the molecule is O=C(O)[C@@H]1C[C@H]1C(=O)NCCc1c[nH]c2ccc(Cl)cc12. The number of rotatable bonds is 5. The molecule has 21 heavy (non-hydrogen) atoms. The third kappa shape index (κ3) is 2.88. The Bertz CT molecular complexity index is 710. The van der Waals surface area contributed by atoms with Crippen LogP contribution in [0.1, 0.15) is 12.0 Å². The summed E-state index contributed by atoms with van der Waals surface area (Å²) in [6.45, 7) is 0.487. The summed E-state index contributed by atoms with van der Waals surface area (Å²) in [7, 11) is 0. The maximum atomic E-state index is 11.8. The molecule has 0 aliphatic heterocycles. The summed E-state index contributed by atoms with van der Waals surface area (Å²) in [6, 6.07) is 5.64. The van der Waals surface area contributed by atoms with Crippen molar-refractivity contribution in [3.05, 3.63) is 35.0 Å². The molecule has 1 amide bonds. The Hall–Kier alpha value is -2.01. The number of aromatic nitrogens is 1. The number of H-pyrrole nitrogens is 1. The van der Waals surface area contributed by atoms with Crippen molar-refractivity contribution < 1.29 is 14.7 Å². The first-order valence-electron chi connectivity index (χ1n) is 6.82. The van der Waals surface area contributed by atoms with Crippen molar-refractivity contribution in [2.24, 2.45) is 11.8 Å². The summed E-state index contributed by atoms with van der Waals surface area (Å²) in [5.41, 5.74) is 2.09. The van der Waals surface area contributed by atoms with Gasteiger partial charge in [-0.1, -0.05) is 11.6 Å². The molecular formula is C15H15ClN2O3. The lowest BCUT2D eigenvalue weighted by Crippen LogP contribution is -2.28. The van der Waals surface area contributed by atoms with E-state index in [0.717, 1.165) is 16.5 Å². The molecule has 2 atom stereocenters. The first-order chi connectivity index (χ1) is 10.1. The highest BCUT2D eigenvalue weighted by atomic mass is 35.5. The Kier molecular flexibility index (Phi) is 3.59. The lowest BCUT2D eigenvalue weighted by molar-refractivity contribution is -0.140. The molecule has 0 radical (unpaired) electrons. The first-order valence-corrected chi connectivity index (χ1v) is 7.20. The fraction of sp³-hybridized carbons (Fsp3) is 0.333. The molecule has 1 aliphatic carbocycles. The van der Waals surface area contributed by atoms with Gasteiger partial charge in [0.1, 0.15) is 0 Å². The van der Waals surface area contributed by atoms with Gasteiger partial charge in [-0.3, -0.25) is 9.59 Å². The number of fused-ring (bicyclic) bond motifs is 1. The van der Waals surface area contributed by atoms with Crippen LogP contribution in [0, 0.1) is 11.8 Å². The topological polar surface area (TPSA) is 82.2 Å². The van der Waals surface area contributed by atoms with Crippen molar-refractivity contribution in [2.45, 2.75) is 12.8 Å². The number of carbonyl (C=O) groups is 2. The Balaban J connectivity index is 1.56. The van der Waals surface area contributed by atoms with Crippen molar-refractivity contribution in [3.8, 4) is 0 Å². The predicted molar refractivity (Wildman–Crippen MR) is 79.3 cm³/mol. The van der Waals surface area contributed by atoms with Gasteiger partial charge in [-0.05, 0) is 36.6 Å². The summed E-state index contributed by atoms with van der Waals surface area (Å²) in [5, 5.41) is 13.3. The van der Waals surface area contributed by atoms with Crippen molar-refractivity contribution in [1.29, 1.82) is 0 Å². The van der Waals surface area contributed by atoms with E-state index in [2.05, 4.69) is 10.3 Å². The molecule has 3 N–H and O–H groups in total. The van der Waals surface area contributed by atoms with E-state index in [4.69, 9.17) is 16.7 Å². The van der Waals surface area contributed by atoms with Gasteiger partial charge in [-0.2, -0.15) is 0 Å². The highest BCUT2D eigenvalue weighted by Crippen LogP contribution is 2.38. The van der Waals surface area contributed by atoms with E-state index in [1.165, 1.54) is 0 Å². The summed E-state index contributed by atoms with van der Waals surface area (Å²) in [5.74, 6) is -1.92. The number of nitrogens with one attached hydrogen (secondary N) is 2. The van der Waals surface area contributed by atoms with Crippen LogP contribution in [0.2, 0.25) is 5.02 Å². The maximum absolute atomic E-state index is 11.8. The van der Waals surface area contributed by atoms with E-state index in [1.54, 1.807) is 0 Å². The molecule has 110 valence electrons. The standard InChI is InChI=1S/C15H15ClN2O3/c16-9-1-2-13-10(5-9)8(7-18-13)3-4-17-14(19)11-6-12(11)15(20)21/h1-2,5,7,11-12,18H,3-4,6H2,(H,17,19)(H,20,21)/t11-,12-/m1/s1. The van der Waals surface area contributed by atoms with Crippen molar-refractivity contribution in [2.75, 3.05) is 6.54 Å². The lowest BCUT2D eigenvalue weighted by Gasteiger charge is -2.04. The molecule has 0 spiro atoms. The summed E-state index contributed by atoms with van der Waals surface area (Å²) in [4.78, 5) is 25.6. The summed E-state index contributed by atoms with van der Waals surface area (Å²) < 4.78 is 0. The second-order valence-corrected chi connectivity index (χ2v) is 5.77. The highest BCUT2D eigenvalue weighted by molar-refractivity contribution is 6.31. The van der Waals surface area contributed by atoms with Gasteiger partial charge < -0.3 is 15.4 Å². The molecule has 3 rings (SSSR count). The van der Waals surface area contributed by atoms with Gasteiger partial charge in [0.05, 0.1) is 11.8 Å². The van der Waals surface area contributed by atoms with Crippen LogP contribution in [0.3, 0.4) is 0 Å². The minimum Gasteiger partial charge on any atom is -0.481 e. The van der Waals surface area contributed by atoms with Gasteiger partial charge in [0.2, 0.25) is 5.91 Å². The Morgan fingerprint density at radius 2 is 2.19 bits per heavy atom. The molecular weight excluding hydrogens is 292 g/mol. The molecule has 1 aliphatic rings. The Labute approximate surface area is 126 Å². The number of carbonyl (C=O) groups excluding carboxylic acids is 1. The second-order valence-electron chi connectivity index (χ2n) is 5.33. The summed E-state index contributed by atoms with van der Waals surface area (Å²) >= 11 is 5.99. The van der Waals surface area contributed by atoms with Gasteiger partial charge in [-0.15, -0.1) is 0 Å². The average molecular weight is 307 g/mol. The molecule has 1 aromatic carbocycles. The van der Waals surface area contributed by atoms with Gasteiger partial charge in [0.15, 0.2) is 0 Å². The third-order valence-corrected chi connectivity index (χ3v) is 4.10. The minimum absolute atomic E-state index is 0.166. The minimum atomic E-state index is -0.888. The highest BCUT2D eigenvalue weighted by Gasteiger charge is 2.48. The van der Waals surface area contributed by atoms with Crippen LogP contribution in [0.5, 0.6) is 0 Å². The fourth-order valence-corrected chi connectivity index (χ4v) is 2.74. The first kappa shape index (κ1) is 13.9. The van der Waals surface area contributed by atoms with Gasteiger partial charge in [-0.25, -0.2) is 0 Å². The van der Waals surface area contributed by atoms with Crippen LogP contribution in [0.15, 0.2) is 24.4 Å². The maximum Gasteiger partial charge on any atom is 0.307 e. The van der Waals surface area contributed by atoms with Crippen LogP contribution in [-0.4, -0.2) is 28.5 Å².